The van der Waals surface area contributed by atoms with Crippen LogP contribution in [0.4, 0.5) is 0 Å². The van der Waals surface area contributed by atoms with Crippen LogP contribution in [0.2, 0.25) is 0 Å². The van der Waals surface area contributed by atoms with Gasteiger partial charge in [-0.15, -0.1) is 0 Å². The molecule has 19 heavy (non-hydrogen) atoms. The molecule has 0 spiro atoms. The molecule has 0 bridgehead atoms. The smallest absolute Gasteiger partial charge is 0.341 e. The van der Waals surface area contributed by atoms with Crippen molar-refractivity contribution in [2.45, 2.75) is 33.2 Å². The molecule has 0 unspecified atom stereocenters. The summed E-state index contributed by atoms with van der Waals surface area (Å²) in [6, 6.07) is 0. The average molecular weight is 264 g/mol. The van der Waals surface area contributed by atoms with Crippen molar-refractivity contribution in [3.05, 3.63) is 29.7 Å². The zero-order valence-electron chi connectivity index (χ0n) is 11.0. The van der Waals surface area contributed by atoms with E-state index in [4.69, 9.17) is 9.26 Å². The molecule has 0 aromatic carbocycles. The van der Waals surface area contributed by atoms with E-state index in [1.807, 2.05) is 0 Å². The fourth-order valence-electron chi connectivity index (χ4n) is 1.59. The Labute approximate surface area is 110 Å². The van der Waals surface area contributed by atoms with Crippen molar-refractivity contribution in [3.63, 3.8) is 0 Å². The Morgan fingerprint density at radius 1 is 1.47 bits per heavy atom. The normalized spacial score (nSPS) is 10.6. The minimum atomic E-state index is -0.383. The fraction of sp³-hybridized carbons (Fsp3) is 0.500. The Morgan fingerprint density at radius 2 is 2.32 bits per heavy atom. The third-order valence-corrected chi connectivity index (χ3v) is 2.43. The average Bonchev–Trinajstić information content (AvgIpc) is 3.00. The second-order valence-corrected chi connectivity index (χ2v) is 4.00. The lowest BCUT2D eigenvalue weighted by molar-refractivity contribution is 0.0526. The summed E-state index contributed by atoms with van der Waals surface area (Å²) in [5, 5.41) is 7.91. The van der Waals surface area contributed by atoms with Crippen LogP contribution in [-0.2, 0) is 17.7 Å². The number of hydrogen-bond donors (Lipinski definition) is 0. The fourth-order valence-corrected chi connectivity index (χ4v) is 1.59. The van der Waals surface area contributed by atoms with E-state index in [1.54, 1.807) is 17.8 Å². The summed E-state index contributed by atoms with van der Waals surface area (Å²) < 4.78 is 11.5. The molecule has 0 aliphatic rings. The van der Waals surface area contributed by atoms with Crippen molar-refractivity contribution in [2.24, 2.45) is 0 Å². The van der Waals surface area contributed by atoms with Crippen molar-refractivity contribution in [1.82, 2.24) is 19.9 Å². The van der Waals surface area contributed by atoms with Gasteiger partial charge in [0, 0.05) is 12.6 Å². The van der Waals surface area contributed by atoms with Gasteiger partial charge >= 0.3 is 5.97 Å². The first-order valence-corrected chi connectivity index (χ1v) is 6.24. The van der Waals surface area contributed by atoms with Crippen LogP contribution in [0.15, 0.2) is 16.9 Å². The van der Waals surface area contributed by atoms with E-state index in [2.05, 4.69) is 22.2 Å². The Hall–Kier alpha value is -2.18. The third kappa shape index (κ3) is 3.40. The van der Waals surface area contributed by atoms with Gasteiger partial charge in [0.25, 0.3) is 0 Å². The van der Waals surface area contributed by atoms with Crippen molar-refractivity contribution < 1.29 is 14.1 Å². The van der Waals surface area contributed by atoms with Crippen molar-refractivity contribution >= 4 is 5.97 Å². The molecule has 2 aromatic heterocycles. The molecule has 0 aliphatic heterocycles. The second-order valence-electron chi connectivity index (χ2n) is 4.00. The summed E-state index contributed by atoms with van der Waals surface area (Å²) in [5.74, 6) is 0.781. The van der Waals surface area contributed by atoms with E-state index in [0.29, 0.717) is 30.4 Å². The Kier molecular flexibility index (Phi) is 4.27. The van der Waals surface area contributed by atoms with E-state index < -0.39 is 0 Å². The van der Waals surface area contributed by atoms with Crippen LogP contribution in [0.3, 0.4) is 0 Å². The first-order chi connectivity index (χ1) is 9.22. The first kappa shape index (κ1) is 13.3. The zero-order chi connectivity index (χ0) is 13.7. The number of aromatic nitrogens is 4. The lowest BCUT2D eigenvalue weighted by atomic mass is 10.3. The number of carbonyl (C=O) groups excluding carboxylic acids is 1. The van der Waals surface area contributed by atoms with Gasteiger partial charge in [-0.3, -0.25) is 4.68 Å². The molecule has 0 amide bonds. The number of carbonyl (C=O) groups is 1. The van der Waals surface area contributed by atoms with Crippen LogP contribution < -0.4 is 0 Å². The zero-order valence-corrected chi connectivity index (χ0v) is 11.0. The summed E-state index contributed by atoms with van der Waals surface area (Å²) in [7, 11) is 0. The number of nitrogens with zero attached hydrogens (tertiary/aromatic N) is 4. The molecule has 0 N–H and O–H groups in total. The van der Waals surface area contributed by atoms with Crippen molar-refractivity contribution in [1.29, 1.82) is 0 Å². The maximum absolute atomic E-state index is 11.5. The van der Waals surface area contributed by atoms with Crippen LogP contribution >= 0.6 is 0 Å². The number of rotatable bonds is 6. The Morgan fingerprint density at radius 3 is 3.05 bits per heavy atom. The maximum Gasteiger partial charge on any atom is 0.341 e. The van der Waals surface area contributed by atoms with E-state index in [-0.39, 0.29) is 5.97 Å². The van der Waals surface area contributed by atoms with E-state index >= 15 is 0 Å². The minimum absolute atomic E-state index is 0.341. The van der Waals surface area contributed by atoms with Gasteiger partial charge < -0.3 is 9.26 Å². The quantitative estimate of drug-likeness (QED) is 0.734. The third-order valence-electron chi connectivity index (χ3n) is 2.43. The van der Waals surface area contributed by atoms with Crippen LogP contribution in [0.5, 0.6) is 0 Å². The SMILES string of the molecule is CCCc1noc(Cn2cc(C(=O)OCC)cn2)n1. The lowest BCUT2D eigenvalue weighted by Crippen LogP contribution is -2.04. The molecule has 2 heterocycles. The number of hydrogen-bond acceptors (Lipinski definition) is 6. The number of ether oxygens (including phenoxy) is 1. The number of esters is 1. The second kappa shape index (κ2) is 6.12. The highest BCUT2D eigenvalue weighted by atomic mass is 16.5. The van der Waals surface area contributed by atoms with Gasteiger partial charge in [0.2, 0.25) is 5.89 Å². The van der Waals surface area contributed by atoms with Crippen LogP contribution in [0.1, 0.15) is 42.3 Å². The van der Waals surface area contributed by atoms with E-state index in [9.17, 15) is 4.79 Å². The largest absolute Gasteiger partial charge is 0.462 e. The Bertz CT molecular complexity index is 547. The molecule has 7 heteroatoms. The molecule has 102 valence electrons. The summed E-state index contributed by atoms with van der Waals surface area (Å²) >= 11 is 0. The molecule has 0 aliphatic carbocycles. The molecule has 0 saturated carbocycles. The summed E-state index contributed by atoms with van der Waals surface area (Å²) in [6.07, 6.45) is 4.81. The summed E-state index contributed by atoms with van der Waals surface area (Å²) in [6.45, 7) is 4.50. The molecular weight excluding hydrogens is 248 g/mol. The Balaban J connectivity index is 2.00. The minimum Gasteiger partial charge on any atom is -0.462 e. The topological polar surface area (TPSA) is 83.0 Å². The maximum atomic E-state index is 11.5. The summed E-state index contributed by atoms with van der Waals surface area (Å²) in [4.78, 5) is 15.7. The molecule has 2 rings (SSSR count). The standard InChI is InChI=1S/C12H16N4O3/c1-3-5-10-14-11(19-15-10)8-16-7-9(6-13-16)12(17)18-4-2/h6-7H,3-5,8H2,1-2H3. The highest BCUT2D eigenvalue weighted by Crippen LogP contribution is 2.05. The van der Waals surface area contributed by atoms with Gasteiger partial charge in [0.1, 0.15) is 6.54 Å². The van der Waals surface area contributed by atoms with Gasteiger partial charge in [-0.2, -0.15) is 10.1 Å². The van der Waals surface area contributed by atoms with Gasteiger partial charge in [-0.25, -0.2) is 4.79 Å². The highest BCUT2D eigenvalue weighted by molar-refractivity contribution is 5.88. The molecule has 2 aromatic rings. The van der Waals surface area contributed by atoms with E-state index in [0.717, 1.165) is 12.8 Å². The molecule has 0 radical (unpaired) electrons. The first-order valence-electron chi connectivity index (χ1n) is 6.24. The van der Waals surface area contributed by atoms with Crippen LogP contribution in [0.25, 0.3) is 0 Å². The van der Waals surface area contributed by atoms with Gasteiger partial charge in [-0.05, 0) is 13.3 Å². The molecule has 0 fully saturated rings. The monoisotopic (exact) mass is 264 g/mol. The predicted molar refractivity (Wildman–Crippen MR) is 65.6 cm³/mol. The molecule has 0 saturated heterocycles. The number of aryl methyl sites for hydroxylation is 1. The van der Waals surface area contributed by atoms with Crippen molar-refractivity contribution in [2.75, 3.05) is 6.61 Å². The molecular formula is C12H16N4O3. The lowest BCUT2D eigenvalue weighted by Gasteiger charge is -1.97. The van der Waals surface area contributed by atoms with E-state index in [1.165, 1.54) is 6.20 Å². The predicted octanol–water partition coefficient (Wildman–Crippen LogP) is 1.44. The highest BCUT2D eigenvalue weighted by Gasteiger charge is 2.11. The van der Waals surface area contributed by atoms with Crippen LogP contribution in [0, 0.1) is 0 Å². The van der Waals surface area contributed by atoms with Gasteiger partial charge in [-0.1, -0.05) is 12.1 Å². The van der Waals surface area contributed by atoms with Crippen molar-refractivity contribution in [3.8, 4) is 0 Å². The summed E-state index contributed by atoms with van der Waals surface area (Å²) in [5.41, 5.74) is 0.412. The van der Waals surface area contributed by atoms with Gasteiger partial charge in [0.15, 0.2) is 5.82 Å². The van der Waals surface area contributed by atoms with Gasteiger partial charge in [0.05, 0.1) is 18.4 Å². The van der Waals surface area contributed by atoms with Crippen LogP contribution in [-0.4, -0.2) is 32.5 Å². The molecule has 7 nitrogen and oxygen atoms in total. The molecule has 0 atom stereocenters.